The monoisotopic (exact) mass is 271 g/mol. The van der Waals surface area contributed by atoms with Crippen LogP contribution < -0.4 is 5.48 Å². The first-order valence-electron chi connectivity index (χ1n) is 7.21. The van der Waals surface area contributed by atoms with Gasteiger partial charge in [0.1, 0.15) is 0 Å². The van der Waals surface area contributed by atoms with Crippen LogP contribution in [0.1, 0.15) is 37.7 Å². The number of hydrogen-bond donors (Lipinski definition) is 2. The largest absolute Gasteiger partial charge is 0.289 e. The Labute approximate surface area is 119 Å². The molecule has 3 nitrogen and oxygen atoms in total. The summed E-state index contributed by atoms with van der Waals surface area (Å²) in [5.41, 5.74) is 3.06. The molecule has 106 valence electrons. The molecule has 0 aromatic heterocycles. The number of nitrogens with one attached hydrogen (secondary N) is 1. The fraction of sp³-hybridized carbons (Fsp3) is 0.353. The van der Waals surface area contributed by atoms with Crippen LogP contribution in [0, 0.1) is 0 Å². The average molecular weight is 271 g/mol. The van der Waals surface area contributed by atoms with Crippen molar-refractivity contribution in [2.75, 3.05) is 0 Å². The summed E-state index contributed by atoms with van der Waals surface area (Å²) in [6.07, 6.45) is 5.59. The number of carbonyl (C=O) groups is 1. The molecule has 0 atom stereocenters. The molecule has 0 radical (unpaired) electrons. The Balaban J connectivity index is 1.77. The Morgan fingerprint density at radius 3 is 2.55 bits per heavy atom. The molecule has 0 heterocycles. The van der Waals surface area contributed by atoms with Crippen molar-refractivity contribution in [3.8, 4) is 0 Å². The molecular formula is C17H21NO2. The Bertz CT molecular complexity index is 560. The normalized spacial score (nSPS) is 10.7. The van der Waals surface area contributed by atoms with Crippen LogP contribution in [0.15, 0.2) is 42.5 Å². The van der Waals surface area contributed by atoms with Crippen LogP contribution in [0.3, 0.4) is 0 Å². The maximum Gasteiger partial charge on any atom is 0.243 e. The smallest absolute Gasteiger partial charge is 0.243 e. The van der Waals surface area contributed by atoms with Crippen LogP contribution in [0.5, 0.6) is 0 Å². The molecule has 0 aliphatic rings. The van der Waals surface area contributed by atoms with Crippen molar-refractivity contribution < 1.29 is 10.0 Å². The molecular weight excluding hydrogens is 250 g/mol. The molecule has 2 aromatic rings. The van der Waals surface area contributed by atoms with Crippen molar-refractivity contribution in [1.29, 1.82) is 0 Å². The maximum absolute atomic E-state index is 10.9. The number of rotatable bonds is 7. The van der Waals surface area contributed by atoms with Gasteiger partial charge in [-0.1, -0.05) is 55.3 Å². The Morgan fingerprint density at radius 1 is 0.950 bits per heavy atom. The second kappa shape index (κ2) is 7.65. The van der Waals surface area contributed by atoms with Crippen molar-refractivity contribution in [3.63, 3.8) is 0 Å². The second-order valence-electron chi connectivity index (χ2n) is 5.09. The number of fused-ring (bicyclic) bond motifs is 1. The quantitative estimate of drug-likeness (QED) is 0.456. The van der Waals surface area contributed by atoms with E-state index in [0.717, 1.165) is 32.1 Å². The average Bonchev–Trinajstić information content (AvgIpc) is 2.50. The van der Waals surface area contributed by atoms with Crippen LogP contribution in [-0.2, 0) is 11.2 Å². The van der Waals surface area contributed by atoms with E-state index in [2.05, 4.69) is 42.5 Å². The molecule has 1 amide bonds. The fourth-order valence-corrected chi connectivity index (χ4v) is 2.52. The highest BCUT2D eigenvalue weighted by atomic mass is 16.5. The van der Waals surface area contributed by atoms with Gasteiger partial charge in [-0.15, -0.1) is 0 Å². The predicted octanol–water partition coefficient (Wildman–Crippen LogP) is 3.84. The highest BCUT2D eigenvalue weighted by Crippen LogP contribution is 2.20. The summed E-state index contributed by atoms with van der Waals surface area (Å²) < 4.78 is 0. The molecule has 3 heteroatoms. The zero-order valence-corrected chi connectivity index (χ0v) is 11.6. The van der Waals surface area contributed by atoms with Gasteiger partial charge in [0.25, 0.3) is 0 Å². The summed E-state index contributed by atoms with van der Waals surface area (Å²) in [5, 5.41) is 11.0. The second-order valence-corrected chi connectivity index (χ2v) is 5.09. The van der Waals surface area contributed by atoms with Gasteiger partial charge in [-0.3, -0.25) is 10.0 Å². The van der Waals surface area contributed by atoms with E-state index in [0.29, 0.717) is 6.42 Å². The highest BCUT2D eigenvalue weighted by Gasteiger charge is 2.01. The van der Waals surface area contributed by atoms with E-state index in [1.54, 1.807) is 5.48 Å². The van der Waals surface area contributed by atoms with E-state index in [-0.39, 0.29) is 5.91 Å². The van der Waals surface area contributed by atoms with E-state index in [1.807, 2.05) is 0 Å². The summed E-state index contributed by atoms with van der Waals surface area (Å²) in [5.74, 6) is -0.293. The molecule has 0 saturated heterocycles. The van der Waals surface area contributed by atoms with Crippen molar-refractivity contribution in [1.82, 2.24) is 5.48 Å². The first-order chi connectivity index (χ1) is 9.81. The molecule has 2 rings (SSSR count). The number of hydroxylamine groups is 1. The van der Waals surface area contributed by atoms with E-state index in [4.69, 9.17) is 5.21 Å². The molecule has 2 N–H and O–H groups in total. The minimum atomic E-state index is -0.293. The first kappa shape index (κ1) is 14.5. The lowest BCUT2D eigenvalue weighted by atomic mass is 9.99. The maximum atomic E-state index is 10.9. The molecule has 20 heavy (non-hydrogen) atoms. The van der Waals surface area contributed by atoms with Crippen LogP contribution >= 0.6 is 0 Å². The van der Waals surface area contributed by atoms with Crippen molar-refractivity contribution >= 4 is 16.7 Å². The van der Waals surface area contributed by atoms with Gasteiger partial charge in [-0.2, -0.15) is 0 Å². The molecule has 0 fully saturated rings. The summed E-state index contributed by atoms with van der Waals surface area (Å²) in [7, 11) is 0. The van der Waals surface area contributed by atoms with Crippen LogP contribution in [-0.4, -0.2) is 11.1 Å². The summed E-state index contributed by atoms with van der Waals surface area (Å²) in [6, 6.07) is 14.9. The number of unbranched alkanes of at least 4 members (excludes halogenated alkanes) is 3. The summed E-state index contributed by atoms with van der Waals surface area (Å²) in [4.78, 5) is 10.9. The third-order valence-corrected chi connectivity index (χ3v) is 3.60. The summed E-state index contributed by atoms with van der Waals surface area (Å²) in [6.45, 7) is 0. The molecule has 0 spiro atoms. The van der Waals surface area contributed by atoms with Gasteiger partial charge < -0.3 is 0 Å². The molecule has 0 unspecified atom stereocenters. The standard InChI is InChI=1S/C17H21NO2/c19-17(18-20)13-4-2-1-3-8-14-10-7-11-15-9-5-6-12-16(14)15/h5-7,9-12,20H,1-4,8,13H2,(H,18,19). The zero-order chi connectivity index (χ0) is 14.2. The van der Waals surface area contributed by atoms with Crippen LogP contribution in [0.2, 0.25) is 0 Å². The van der Waals surface area contributed by atoms with Crippen molar-refractivity contribution in [2.45, 2.75) is 38.5 Å². The third-order valence-electron chi connectivity index (χ3n) is 3.60. The summed E-state index contributed by atoms with van der Waals surface area (Å²) >= 11 is 0. The van der Waals surface area contributed by atoms with Gasteiger partial charge >= 0.3 is 0 Å². The molecule has 0 saturated carbocycles. The Morgan fingerprint density at radius 2 is 1.70 bits per heavy atom. The van der Waals surface area contributed by atoms with Gasteiger partial charge in [0, 0.05) is 6.42 Å². The predicted molar refractivity (Wildman–Crippen MR) is 80.7 cm³/mol. The van der Waals surface area contributed by atoms with Gasteiger partial charge in [-0.25, -0.2) is 5.48 Å². The van der Waals surface area contributed by atoms with Crippen molar-refractivity contribution in [3.05, 3.63) is 48.0 Å². The molecule has 0 bridgehead atoms. The number of amides is 1. The number of carbonyl (C=O) groups excluding carboxylic acids is 1. The zero-order valence-electron chi connectivity index (χ0n) is 11.6. The van der Waals surface area contributed by atoms with E-state index < -0.39 is 0 Å². The van der Waals surface area contributed by atoms with Gasteiger partial charge in [0.2, 0.25) is 5.91 Å². The number of aryl methyl sites for hydroxylation is 1. The topological polar surface area (TPSA) is 49.3 Å². The van der Waals surface area contributed by atoms with Crippen molar-refractivity contribution in [2.24, 2.45) is 0 Å². The van der Waals surface area contributed by atoms with Gasteiger partial charge in [-0.05, 0) is 35.6 Å². The van der Waals surface area contributed by atoms with E-state index >= 15 is 0 Å². The van der Waals surface area contributed by atoms with Crippen LogP contribution in [0.4, 0.5) is 0 Å². The van der Waals surface area contributed by atoms with Gasteiger partial charge in [0.05, 0.1) is 0 Å². The number of benzene rings is 2. The molecule has 2 aromatic carbocycles. The van der Waals surface area contributed by atoms with Gasteiger partial charge in [0.15, 0.2) is 0 Å². The van der Waals surface area contributed by atoms with Crippen LogP contribution in [0.25, 0.3) is 10.8 Å². The van der Waals surface area contributed by atoms with E-state index in [1.165, 1.54) is 16.3 Å². The lowest BCUT2D eigenvalue weighted by Gasteiger charge is -2.06. The highest BCUT2D eigenvalue weighted by molar-refractivity contribution is 5.85. The first-order valence-corrected chi connectivity index (χ1v) is 7.21. The minimum absolute atomic E-state index is 0.293. The minimum Gasteiger partial charge on any atom is -0.289 e. The Kier molecular flexibility index (Phi) is 5.56. The number of hydrogen-bond acceptors (Lipinski definition) is 2. The lowest BCUT2D eigenvalue weighted by Crippen LogP contribution is -2.17. The van der Waals surface area contributed by atoms with E-state index in [9.17, 15) is 4.79 Å². The SMILES string of the molecule is O=C(CCCCCCc1cccc2ccccc12)NO. The lowest BCUT2D eigenvalue weighted by molar-refractivity contribution is -0.129. The Hall–Kier alpha value is -1.87. The molecule has 0 aliphatic heterocycles. The molecule has 0 aliphatic carbocycles. The fourth-order valence-electron chi connectivity index (χ4n) is 2.52. The third kappa shape index (κ3) is 4.07.